The van der Waals surface area contributed by atoms with Crippen LogP contribution in [0.5, 0.6) is 0 Å². The number of nitrogens with one attached hydrogen (secondary N) is 3. The quantitative estimate of drug-likeness (QED) is 0.167. The van der Waals surface area contributed by atoms with Gasteiger partial charge in [-0.1, -0.05) is 19.9 Å². The first-order valence-corrected chi connectivity index (χ1v) is 15.3. The zero-order valence-corrected chi connectivity index (χ0v) is 26.7. The zero-order valence-electron chi connectivity index (χ0n) is 26.7. The smallest absolute Gasteiger partial charge is 0.407 e. The van der Waals surface area contributed by atoms with Gasteiger partial charge in [-0.05, 0) is 74.4 Å². The number of hydrogen-bond donors (Lipinski definition) is 3. The van der Waals surface area contributed by atoms with Gasteiger partial charge in [0.05, 0.1) is 29.2 Å². The monoisotopic (exact) mass is 624 g/mol. The minimum atomic E-state index is -0.525. The molecule has 2 aromatic heterocycles. The molecule has 2 heterocycles. The summed E-state index contributed by atoms with van der Waals surface area (Å²) in [4.78, 5) is 49.1. The maximum atomic E-state index is 13.8. The van der Waals surface area contributed by atoms with Crippen LogP contribution in [0.2, 0.25) is 0 Å². The van der Waals surface area contributed by atoms with Crippen LogP contribution in [-0.2, 0) is 23.1 Å². The first kappa shape index (κ1) is 33.5. The van der Waals surface area contributed by atoms with E-state index in [1.165, 1.54) is 4.90 Å². The number of pyridine rings is 1. The number of ether oxygens (including phenoxy) is 1. The molecule has 0 fully saturated rings. The van der Waals surface area contributed by atoms with E-state index < -0.39 is 11.7 Å². The fraction of sp³-hybridized carbons (Fsp3) is 0.353. The number of aromatic nitrogens is 3. The Balaban J connectivity index is 1.38. The highest BCUT2D eigenvalue weighted by atomic mass is 16.6. The van der Waals surface area contributed by atoms with Gasteiger partial charge >= 0.3 is 6.09 Å². The van der Waals surface area contributed by atoms with Crippen LogP contribution in [0.25, 0.3) is 11.0 Å². The molecule has 3 N–H and O–H groups in total. The lowest BCUT2D eigenvalue weighted by Gasteiger charge is -2.26. The standard InChI is InChI=1S/C34H40N8O4/c1-5-34(3,6-2)46-33(45)38-19-18-37-31(43)16-20-42(29-9-7-8-17-36-29)32(44)25-12-15-28-27(21-25)40-30(41(28)4)23-39-26-13-10-24(22-35)11-14-26/h7-15,17,21,39H,5-6,16,18-20,23H2,1-4H3,(H,37,43)(H,38,45). The highest BCUT2D eigenvalue weighted by Gasteiger charge is 2.24. The lowest BCUT2D eigenvalue weighted by Crippen LogP contribution is -2.40. The van der Waals surface area contributed by atoms with Gasteiger partial charge in [0.1, 0.15) is 17.2 Å². The Morgan fingerprint density at radius 3 is 2.43 bits per heavy atom. The normalized spacial score (nSPS) is 11.0. The number of amides is 3. The second-order valence-corrected chi connectivity index (χ2v) is 11.1. The fourth-order valence-corrected chi connectivity index (χ4v) is 4.70. The highest BCUT2D eigenvalue weighted by molar-refractivity contribution is 6.07. The Bertz CT molecular complexity index is 1690. The average molecular weight is 625 g/mol. The number of fused-ring (bicyclic) bond motifs is 1. The van der Waals surface area contributed by atoms with E-state index in [0.717, 1.165) is 17.0 Å². The van der Waals surface area contributed by atoms with Gasteiger partial charge in [0.25, 0.3) is 5.91 Å². The van der Waals surface area contributed by atoms with Gasteiger partial charge in [-0.2, -0.15) is 5.26 Å². The van der Waals surface area contributed by atoms with Crippen LogP contribution >= 0.6 is 0 Å². The molecule has 0 aliphatic rings. The lowest BCUT2D eigenvalue weighted by molar-refractivity contribution is -0.120. The maximum Gasteiger partial charge on any atom is 0.407 e. The summed E-state index contributed by atoms with van der Waals surface area (Å²) in [6, 6.07) is 19.9. The molecular formula is C34H40N8O4. The Kier molecular flexibility index (Phi) is 11.3. The van der Waals surface area contributed by atoms with Gasteiger partial charge in [-0.25, -0.2) is 14.8 Å². The average Bonchev–Trinajstić information content (AvgIpc) is 3.40. The second kappa shape index (κ2) is 15.5. The number of carbonyl (C=O) groups excluding carboxylic acids is 3. The molecule has 3 amide bonds. The number of hydrogen-bond acceptors (Lipinski definition) is 8. The van der Waals surface area contributed by atoms with Gasteiger partial charge in [-0.15, -0.1) is 0 Å². The van der Waals surface area contributed by atoms with Crippen LogP contribution in [0.4, 0.5) is 16.3 Å². The molecule has 0 aliphatic carbocycles. The maximum absolute atomic E-state index is 13.8. The molecule has 240 valence electrons. The summed E-state index contributed by atoms with van der Waals surface area (Å²) in [6.07, 6.45) is 2.51. The third-order valence-corrected chi connectivity index (χ3v) is 7.97. The van der Waals surface area contributed by atoms with E-state index in [1.54, 1.807) is 48.7 Å². The number of anilines is 2. The van der Waals surface area contributed by atoms with E-state index in [2.05, 4.69) is 27.0 Å². The van der Waals surface area contributed by atoms with Crippen molar-refractivity contribution in [2.24, 2.45) is 7.05 Å². The summed E-state index contributed by atoms with van der Waals surface area (Å²) < 4.78 is 7.44. The summed E-state index contributed by atoms with van der Waals surface area (Å²) in [7, 11) is 1.91. The summed E-state index contributed by atoms with van der Waals surface area (Å²) >= 11 is 0. The van der Waals surface area contributed by atoms with Gasteiger partial charge < -0.3 is 25.3 Å². The molecule has 4 rings (SSSR count). The summed E-state index contributed by atoms with van der Waals surface area (Å²) in [6.45, 7) is 6.79. The van der Waals surface area contributed by atoms with Crippen molar-refractivity contribution in [1.82, 2.24) is 25.2 Å². The van der Waals surface area contributed by atoms with Gasteiger partial charge in [0, 0.05) is 50.6 Å². The van der Waals surface area contributed by atoms with Crippen molar-refractivity contribution < 1.29 is 19.1 Å². The number of nitriles is 1. The first-order valence-electron chi connectivity index (χ1n) is 15.3. The van der Waals surface area contributed by atoms with Crippen molar-refractivity contribution in [3.63, 3.8) is 0 Å². The molecule has 0 aliphatic heterocycles. The molecule has 4 aromatic rings. The summed E-state index contributed by atoms with van der Waals surface area (Å²) in [5, 5.41) is 17.8. The topological polar surface area (TPSA) is 154 Å². The molecule has 0 atom stereocenters. The number of nitrogens with zero attached hydrogens (tertiary/aromatic N) is 5. The molecule has 12 nitrogen and oxygen atoms in total. The van der Waals surface area contributed by atoms with E-state index >= 15 is 0 Å². The predicted octanol–water partition coefficient (Wildman–Crippen LogP) is 4.91. The van der Waals surface area contributed by atoms with Gasteiger partial charge in [-0.3, -0.25) is 14.5 Å². The van der Waals surface area contributed by atoms with Crippen LogP contribution in [0.15, 0.2) is 66.9 Å². The molecule has 12 heteroatoms. The fourth-order valence-electron chi connectivity index (χ4n) is 4.70. The predicted molar refractivity (Wildman–Crippen MR) is 176 cm³/mol. The number of rotatable bonds is 14. The number of benzene rings is 2. The Labute approximate surface area is 268 Å². The SMILES string of the molecule is CCC(C)(CC)OC(=O)NCCNC(=O)CCN(C(=O)c1ccc2c(c1)nc(CNc1ccc(C#N)cc1)n2C)c1ccccn1. The van der Waals surface area contributed by atoms with E-state index in [4.69, 9.17) is 15.0 Å². The van der Waals surface area contributed by atoms with E-state index in [1.807, 2.05) is 50.6 Å². The molecule has 0 radical (unpaired) electrons. The summed E-state index contributed by atoms with van der Waals surface area (Å²) in [5.41, 5.74) is 2.86. The van der Waals surface area contributed by atoms with Crippen LogP contribution < -0.4 is 20.9 Å². The van der Waals surface area contributed by atoms with E-state index in [9.17, 15) is 14.4 Å². The largest absolute Gasteiger partial charge is 0.443 e. The van der Waals surface area contributed by atoms with Crippen molar-refractivity contribution in [1.29, 1.82) is 5.26 Å². The first-order chi connectivity index (χ1) is 22.2. The number of alkyl carbamates (subject to hydrolysis) is 1. The van der Waals surface area contributed by atoms with E-state index in [-0.39, 0.29) is 37.9 Å². The zero-order chi connectivity index (χ0) is 33.1. The van der Waals surface area contributed by atoms with Crippen molar-refractivity contribution in [2.75, 3.05) is 29.9 Å². The number of imidazole rings is 1. The third kappa shape index (κ3) is 8.59. The van der Waals surface area contributed by atoms with Crippen molar-refractivity contribution >= 4 is 40.4 Å². The van der Waals surface area contributed by atoms with Gasteiger partial charge in [0.2, 0.25) is 5.91 Å². The van der Waals surface area contributed by atoms with E-state index in [0.29, 0.717) is 41.8 Å². The number of aryl methyl sites for hydroxylation is 1. The molecular weight excluding hydrogens is 584 g/mol. The Morgan fingerprint density at radius 1 is 1.02 bits per heavy atom. The lowest BCUT2D eigenvalue weighted by atomic mass is 10.0. The molecule has 46 heavy (non-hydrogen) atoms. The molecule has 0 saturated heterocycles. The van der Waals surface area contributed by atoms with Crippen LogP contribution in [0.1, 0.15) is 61.8 Å². The molecule has 0 spiro atoms. The van der Waals surface area contributed by atoms with Crippen LogP contribution in [0, 0.1) is 11.3 Å². The Morgan fingerprint density at radius 2 is 1.76 bits per heavy atom. The van der Waals surface area contributed by atoms with Crippen molar-refractivity contribution in [3.05, 3.63) is 83.8 Å². The molecule has 0 bridgehead atoms. The van der Waals surface area contributed by atoms with Crippen LogP contribution in [0.3, 0.4) is 0 Å². The van der Waals surface area contributed by atoms with Crippen LogP contribution in [-0.4, -0.2) is 57.7 Å². The van der Waals surface area contributed by atoms with Crippen molar-refractivity contribution in [3.8, 4) is 6.07 Å². The molecule has 0 saturated carbocycles. The van der Waals surface area contributed by atoms with Gasteiger partial charge in [0.15, 0.2) is 0 Å². The van der Waals surface area contributed by atoms with Crippen molar-refractivity contribution in [2.45, 2.75) is 52.2 Å². The highest BCUT2D eigenvalue weighted by Crippen LogP contribution is 2.22. The third-order valence-electron chi connectivity index (χ3n) is 7.97. The minimum Gasteiger partial charge on any atom is -0.443 e. The Hall–Kier alpha value is -5.44. The number of carbonyl (C=O) groups is 3. The second-order valence-electron chi connectivity index (χ2n) is 11.1. The summed E-state index contributed by atoms with van der Waals surface area (Å²) in [5.74, 6) is 0.619. The molecule has 2 aromatic carbocycles. The minimum absolute atomic E-state index is 0.0352. The molecule has 0 unspecified atom stereocenters.